The molecule has 0 heterocycles. The van der Waals surface area contributed by atoms with Crippen molar-refractivity contribution in [3.8, 4) is 0 Å². The Balaban J connectivity index is 1.69. The molecule has 2 rings (SSSR count). The molecule has 4 heteroatoms. The molecule has 0 aromatic heterocycles. The highest BCUT2D eigenvalue weighted by atomic mass is 32.2. The Hall–Kier alpha value is -1.16. The number of carbonyl (C=O) groups excluding carboxylic acids is 1. The van der Waals surface area contributed by atoms with Crippen LogP contribution in [0.25, 0.3) is 0 Å². The summed E-state index contributed by atoms with van der Waals surface area (Å²) in [4.78, 5) is 12.0. The monoisotopic (exact) mass is 292 g/mol. The van der Waals surface area contributed by atoms with Crippen LogP contribution in [0.1, 0.15) is 37.7 Å². The molecule has 1 aliphatic rings. The van der Waals surface area contributed by atoms with E-state index in [-0.39, 0.29) is 5.91 Å². The van der Waals surface area contributed by atoms with Crippen LogP contribution in [0.4, 0.5) is 5.69 Å². The molecule has 1 amide bonds. The number of benzene rings is 1. The molecule has 0 unspecified atom stereocenters. The van der Waals surface area contributed by atoms with Crippen LogP contribution in [-0.4, -0.2) is 23.5 Å². The fourth-order valence-electron chi connectivity index (χ4n) is 2.68. The highest BCUT2D eigenvalue weighted by molar-refractivity contribution is 7.99. The first-order valence-corrected chi connectivity index (χ1v) is 8.62. The second-order valence-corrected chi connectivity index (χ2v) is 6.66. The average Bonchev–Trinajstić information content (AvgIpc) is 2.47. The van der Waals surface area contributed by atoms with E-state index in [0.717, 1.165) is 30.2 Å². The van der Waals surface area contributed by atoms with Crippen LogP contribution in [0.15, 0.2) is 24.3 Å². The maximum Gasteiger partial charge on any atom is 0.220 e. The number of hydrogen-bond donors (Lipinski definition) is 2. The molecule has 110 valence electrons. The molecule has 3 nitrogen and oxygen atoms in total. The number of aryl methyl sites for hydroxylation is 1. The highest BCUT2D eigenvalue weighted by Crippen LogP contribution is 2.26. The summed E-state index contributed by atoms with van der Waals surface area (Å²) in [6.07, 6.45) is 8.22. The lowest BCUT2D eigenvalue weighted by Gasteiger charge is -2.28. The van der Waals surface area contributed by atoms with Crippen LogP contribution >= 0.6 is 11.8 Å². The minimum Gasteiger partial charge on any atom is -0.399 e. The molecule has 0 saturated heterocycles. The highest BCUT2D eigenvalue weighted by Gasteiger charge is 2.21. The number of hydrogen-bond acceptors (Lipinski definition) is 3. The minimum absolute atomic E-state index is 0.175. The molecular weight excluding hydrogens is 268 g/mol. The molecule has 1 fully saturated rings. The van der Waals surface area contributed by atoms with Gasteiger partial charge in [-0.2, -0.15) is 11.8 Å². The Kier molecular flexibility index (Phi) is 5.77. The molecule has 1 saturated carbocycles. The molecule has 1 aliphatic carbocycles. The lowest BCUT2D eigenvalue weighted by molar-refractivity contribution is -0.121. The smallest absolute Gasteiger partial charge is 0.220 e. The largest absolute Gasteiger partial charge is 0.399 e. The third kappa shape index (κ3) is 4.75. The van der Waals surface area contributed by atoms with E-state index in [2.05, 4.69) is 11.6 Å². The summed E-state index contributed by atoms with van der Waals surface area (Å²) in [7, 11) is 0. The van der Waals surface area contributed by atoms with Gasteiger partial charge in [-0.05, 0) is 56.1 Å². The van der Waals surface area contributed by atoms with E-state index in [1.54, 1.807) is 0 Å². The van der Waals surface area contributed by atoms with Crippen LogP contribution in [0.2, 0.25) is 0 Å². The van der Waals surface area contributed by atoms with E-state index in [4.69, 9.17) is 5.73 Å². The Bertz CT molecular complexity index is 425. The second kappa shape index (κ2) is 7.58. The number of anilines is 1. The van der Waals surface area contributed by atoms with Crippen LogP contribution in [0.5, 0.6) is 0 Å². The standard InChI is InChI=1S/C16H24N2OS/c1-20-15-9-7-14(8-10-15)18-16(19)11-4-12-2-5-13(17)6-3-12/h2-3,5-6,14-15H,4,7-11,17H2,1H3,(H,18,19). The van der Waals surface area contributed by atoms with Gasteiger partial charge < -0.3 is 11.1 Å². The van der Waals surface area contributed by atoms with Crippen LogP contribution in [-0.2, 0) is 11.2 Å². The molecule has 3 N–H and O–H groups in total. The van der Waals surface area contributed by atoms with Gasteiger partial charge in [0.15, 0.2) is 0 Å². The number of carbonyl (C=O) groups is 1. The van der Waals surface area contributed by atoms with Crippen LogP contribution < -0.4 is 11.1 Å². The maximum absolute atomic E-state index is 12.0. The molecule has 1 aromatic carbocycles. The number of nitrogens with one attached hydrogen (secondary N) is 1. The first-order chi connectivity index (χ1) is 9.67. The van der Waals surface area contributed by atoms with Crippen molar-refractivity contribution in [2.24, 2.45) is 0 Å². The molecule has 20 heavy (non-hydrogen) atoms. The van der Waals surface area contributed by atoms with Gasteiger partial charge in [0.05, 0.1) is 0 Å². The summed E-state index contributed by atoms with van der Waals surface area (Å²) in [5.74, 6) is 0.175. The van der Waals surface area contributed by atoms with Crippen molar-refractivity contribution >= 4 is 23.4 Å². The zero-order valence-corrected chi connectivity index (χ0v) is 12.9. The summed E-state index contributed by atoms with van der Waals surface area (Å²) in [5, 5.41) is 3.96. The van der Waals surface area contributed by atoms with E-state index >= 15 is 0 Å². The summed E-state index contributed by atoms with van der Waals surface area (Å²) in [6, 6.07) is 8.14. The van der Waals surface area contributed by atoms with E-state index < -0.39 is 0 Å². The topological polar surface area (TPSA) is 55.1 Å². The quantitative estimate of drug-likeness (QED) is 0.820. The SMILES string of the molecule is CSC1CCC(NC(=O)CCc2ccc(N)cc2)CC1. The van der Waals surface area contributed by atoms with Crippen molar-refractivity contribution in [3.63, 3.8) is 0 Å². The maximum atomic E-state index is 12.0. The summed E-state index contributed by atoms with van der Waals surface area (Å²) in [5.41, 5.74) is 7.58. The van der Waals surface area contributed by atoms with Crippen molar-refractivity contribution in [1.82, 2.24) is 5.32 Å². The number of nitrogen functional groups attached to an aromatic ring is 1. The number of rotatable bonds is 5. The minimum atomic E-state index is 0.175. The molecule has 0 radical (unpaired) electrons. The van der Waals surface area contributed by atoms with Gasteiger partial charge in [0.2, 0.25) is 5.91 Å². The zero-order chi connectivity index (χ0) is 14.4. The molecule has 0 aliphatic heterocycles. The van der Waals surface area contributed by atoms with Crippen LogP contribution in [0.3, 0.4) is 0 Å². The van der Waals surface area contributed by atoms with Gasteiger partial charge in [-0.15, -0.1) is 0 Å². The van der Waals surface area contributed by atoms with E-state index in [0.29, 0.717) is 12.5 Å². The third-order valence-corrected chi connectivity index (χ3v) is 5.13. The predicted molar refractivity (Wildman–Crippen MR) is 86.9 cm³/mol. The summed E-state index contributed by atoms with van der Waals surface area (Å²) < 4.78 is 0. The number of nitrogens with two attached hydrogens (primary N) is 1. The molecule has 1 aromatic rings. The number of thioether (sulfide) groups is 1. The van der Waals surface area contributed by atoms with E-state index in [9.17, 15) is 4.79 Å². The van der Waals surface area contributed by atoms with Crippen molar-refractivity contribution in [3.05, 3.63) is 29.8 Å². The van der Waals surface area contributed by atoms with Gasteiger partial charge in [0.25, 0.3) is 0 Å². The Morgan fingerprint density at radius 1 is 1.25 bits per heavy atom. The molecule has 0 bridgehead atoms. The summed E-state index contributed by atoms with van der Waals surface area (Å²) >= 11 is 1.95. The first kappa shape index (κ1) is 15.2. The molecular formula is C16H24N2OS. The van der Waals surface area contributed by atoms with Crippen molar-refractivity contribution in [2.75, 3.05) is 12.0 Å². The number of amides is 1. The van der Waals surface area contributed by atoms with Gasteiger partial charge in [-0.1, -0.05) is 12.1 Å². The van der Waals surface area contributed by atoms with Gasteiger partial charge >= 0.3 is 0 Å². The van der Waals surface area contributed by atoms with Gasteiger partial charge in [-0.3, -0.25) is 4.79 Å². The van der Waals surface area contributed by atoms with E-state index in [1.165, 1.54) is 18.4 Å². The Morgan fingerprint density at radius 2 is 1.90 bits per heavy atom. The lowest BCUT2D eigenvalue weighted by atomic mass is 9.95. The Labute approximate surface area is 125 Å². The zero-order valence-electron chi connectivity index (χ0n) is 12.1. The predicted octanol–water partition coefficient (Wildman–Crippen LogP) is 2.99. The second-order valence-electron chi connectivity index (χ2n) is 5.52. The van der Waals surface area contributed by atoms with Crippen molar-refractivity contribution in [1.29, 1.82) is 0 Å². The van der Waals surface area contributed by atoms with Gasteiger partial charge in [0, 0.05) is 23.4 Å². The third-order valence-electron chi connectivity index (χ3n) is 3.99. The summed E-state index contributed by atoms with van der Waals surface area (Å²) in [6.45, 7) is 0. The normalized spacial score (nSPS) is 22.4. The fraction of sp³-hybridized carbons (Fsp3) is 0.562. The van der Waals surface area contributed by atoms with Gasteiger partial charge in [-0.25, -0.2) is 0 Å². The van der Waals surface area contributed by atoms with Crippen molar-refractivity contribution < 1.29 is 4.79 Å². The van der Waals surface area contributed by atoms with Gasteiger partial charge in [0.1, 0.15) is 0 Å². The van der Waals surface area contributed by atoms with Crippen LogP contribution in [0, 0.1) is 0 Å². The van der Waals surface area contributed by atoms with Crippen molar-refractivity contribution in [2.45, 2.75) is 49.8 Å². The average molecular weight is 292 g/mol. The fourth-order valence-corrected chi connectivity index (χ4v) is 3.43. The molecule has 0 atom stereocenters. The first-order valence-electron chi connectivity index (χ1n) is 7.34. The molecule has 0 spiro atoms. The lowest BCUT2D eigenvalue weighted by Crippen LogP contribution is -2.38. The van der Waals surface area contributed by atoms with E-state index in [1.807, 2.05) is 36.0 Å². The Morgan fingerprint density at radius 3 is 2.50 bits per heavy atom.